The van der Waals surface area contributed by atoms with E-state index in [4.69, 9.17) is 33.6 Å². The molecule has 0 N–H and O–H groups in total. The third kappa shape index (κ3) is 4.64. The van der Waals surface area contributed by atoms with Crippen LogP contribution in [-0.4, -0.2) is 64.0 Å². The van der Waals surface area contributed by atoms with Gasteiger partial charge in [-0.2, -0.15) is 32.4 Å². The third-order valence-electron chi connectivity index (χ3n) is 6.02. The predicted octanol–water partition coefficient (Wildman–Crippen LogP) is 4.61. The molecule has 0 saturated carbocycles. The van der Waals surface area contributed by atoms with Crippen molar-refractivity contribution in [2.24, 2.45) is 0 Å². The van der Waals surface area contributed by atoms with Crippen LogP contribution < -0.4 is 4.90 Å². The molecule has 4 aromatic rings. The molecule has 0 amide bonds. The standard InChI is InChI=1S/C23H16Cl2F3N7O2S/c24-16-4-1-14(2-5-16)20-21(15-3-6-17(12-29)30-13-15)32-35-19(11-18(25)31-22(20)35)33-7-9-34(10-8-33)38(36,37)23(26,27)28/h1-6,11,13H,7-10H2. The van der Waals surface area contributed by atoms with Gasteiger partial charge in [-0.05, 0) is 29.8 Å². The molecule has 0 bridgehead atoms. The van der Waals surface area contributed by atoms with E-state index in [-0.39, 0.29) is 37.0 Å². The molecular formula is C23H16Cl2F3N7O2S. The van der Waals surface area contributed by atoms with Crippen molar-refractivity contribution >= 4 is 44.7 Å². The van der Waals surface area contributed by atoms with Gasteiger partial charge in [0.2, 0.25) is 0 Å². The van der Waals surface area contributed by atoms with Crippen LogP contribution in [0.3, 0.4) is 0 Å². The zero-order valence-electron chi connectivity index (χ0n) is 19.2. The van der Waals surface area contributed by atoms with E-state index in [1.54, 1.807) is 41.3 Å². The van der Waals surface area contributed by atoms with E-state index in [0.717, 1.165) is 0 Å². The van der Waals surface area contributed by atoms with Crippen LogP contribution in [0.25, 0.3) is 28.0 Å². The van der Waals surface area contributed by atoms with Gasteiger partial charge in [-0.25, -0.2) is 18.4 Å². The molecule has 1 aliphatic rings. The Bertz CT molecular complexity index is 1660. The average molecular weight is 582 g/mol. The normalized spacial score (nSPS) is 15.1. The molecule has 0 unspecified atom stereocenters. The number of nitrogens with zero attached hydrogens (tertiary/aromatic N) is 7. The van der Waals surface area contributed by atoms with Gasteiger partial charge in [0.15, 0.2) is 5.65 Å². The summed E-state index contributed by atoms with van der Waals surface area (Å²) in [7, 11) is -5.43. The number of hydrogen-bond donors (Lipinski definition) is 0. The lowest BCUT2D eigenvalue weighted by Crippen LogP contribution is -2.52. The van der Waals surface area contributed by atoms with Gasteiger partial charge in [0.05, 0.1) is 5.56 Å². The molecule has 15 heteroatoms. The Hall–Kier alpha value is -3.44. The highest BCUT2D eigenvalue weighted by atomic mass is 35.5. The SMILES string of the molecule is N#Cc1ccc(-c2nn3c(N4CCN(S(=O)(=O)C(F)(F)F)CC4)cc(Cl)nc3c2-c2ccc(Cl)cc2)cn1. The number of fused-ring (bicyclic) bond motifs is 1. The molecule has 0 spiro atoms. The second kappa shape index (κ2) is 9.70. The fourth-order valence-corrected chi connectivity index (χ4v) is 5.43. The Morgan fingerprint density at radius 2 is 1.63 bits per heavy atom. The first-order chi connectivity index (χ1) is 18.0. The molecule has 1 aliphatic heterocycles. The maximum atomic E-state index is 13.0. The maximum absolute atomic E-state index is 13.0. The van der Waals surface area contributed by atoms with E-state index in [0.29, 0.717) is 43.2 Å². The molecule has 1 saturated heterocycles. The minimum absolute atomic E-state index is 0.0331. The second-order valence-corrected chi connectivity index (χ2v) is 11.0. The van der Waals surface area contributed by atoms with E-state index in [1.165, 1.54) is 16.8 Å². The Morgan fingerprint density at radius 3 is 2.21 bits per heavy atom. The van der Waals surface area contributed by atoms with Crippen molar-refractivity contribution in [2.75, 3.05) is 31.1 Å². The molecule has 4 heterocycles. The molecule has 0 atom stereocenters. The van der Waals surface area contributed by atoms with Crippen LogP contribution in [-0.2, 0) is 10.0 Å². The average Bonchev–Trinajstić information content (AvgIpc) is 3.27. The van der Waals surface area contributed by atoms with Gasteiger partial charge < -0.3 is 4.90 Å². The topological polar surface area (TPSA) is 107 Å². The Balaban J connectivity index is 1.62. The number of anilines is 1. The van der Waals surface area contributed by atoms with Crippen molar-refractivity contribution in [1.82, 2.24) is 23.9 Å². The number of sulfonamides is 1. The van der Waals surface area contributed by atoms with Crippen molar-refractivity contribution in [1.29, 1.82) is 5.26 Å². The maximum Gasteiger partial charge on any atom is 0.511 e. The number of pyridine rings is 1. The Morgan fingerprint density at radius 1 is 0.974 bits per heavy atom. The van der Waals surface area contributed by atoms with Crippen molar-refractivity contribution in [3.05, 3.63) is 64.5 Å². The van der Waals surface area contributed by atoms with Crippen LogP contribution in [0.1, 0.15) is 5.69 Å². The number of alkyl halides is 3. The first kappa shape index (κ1) is 26.2. The highest BCUT2D eigenvalue weighted by Gasteiger charge is 2.50. The lowest BCUT2D eigenvalue weighted by Gasteiger charge is -2.35. The summed E-state index contributed by atoms with van der Waals surface area (Å²) in [4.78, 5) is 10.3. The highest BCUT2D eigenvalue weighted by Crippen LogP contribution is 2.37. The quantitative estimate of drug-likeness (QED) is 0.324. The van der Waals surface area contributed by atoms with Crippen LogP contribution in [0, 0.1) is 11.3 Å². The van der Waals surface area contributed by atoms with E-state index >= 15 is 0 Å². The molecule has 1 fully saturated rings. The molecule has 9 nitrogen and oxygen atoms in total. The predicted molar refractivity (Wildman–Crippen MR) is 135 cm³/mol. The minimum atomic E-state index is -5.43. The minimum Gasteiger partial charge on any atom is -0.354 e. The molecule has 196 valence electrons. The van der Waals surface area contributed by atoms with Crippen molar-refractivity contribution in [3.63, 3.8) is 0 Å². The molecule has 38 heavy (non-hydrogen) atoms. The van der Waals surface area contributed by atoms with Gasteiger partial charge in [0, 0.05) is 49.0 Å². The summed E-state index contributed by atoms with van der Waals surface area (Å²) in [5, 5.41) is 14.5. The van der Waals surface area contributed by atoms with Crippen molar-refractivity contribution in [3.8, 4) is 28.5 Å². The lowest BCUT2D eigenvalue weighted by atomic mass is 10.0. The number of aromatic nitrogens is 4. The van der Waals surface area contributed by atoms with Gasteiger partial charge in [-0.15, -0.1) is 0 Å². The smallest absolute Gasteiger partial charge is 0.354 e. The number of hydrogen-bond acceptors (Lipinski definition) is 7. The first-order valence-electron chi connectivity index (χ1n) is 11.0. The largest absolute Gasteiger partial charge is 0.511 e. The van der Waals surface area contributed by atoms with E-state index in [9.17, 15) is 21.6 Å². The highest BCUT2D eigenvalue weighted by molar-refractivity contribution is 7.90. The molecule has 5 rings (SSSR count). The van der Waals surface area contributed by atoms with Crippen LogP contribution in [0.15, 0.2) is 48.7 Å². The number of rotatable bonds is 4. The second-order valence-electron chi connectivity index (χ2n) is 8.28. The Labute approximate surface area is 224 Å². The van der Waals surface area contributed by atoms with Crippen LogP contribution in [0.4, 0.5) is 19.0 Å². The van der Waals surface area contributed by atoms with Gasteiger partial charge in [-0.1, -0.05) is 35.3 Å². The van der Waals surface area contributed by atoms with Gasteiger partial charge in [0.25, 0.3) is 0 Å². The summed E-state index contributed by atoms with van der Waals surface area (Å²) >= 11 is 12.5. The van der Waals surface area contributed by atoms with Crippen molar-refractivity contribution in [2.45, 2.75) is 5.51 Å². The first-order valence-corrected chi connectivity index (χ1v) is 13.2. The van der Waals surface area contributed by atoms with E-state index in [2.05, 4.69) is 9.97 Å². The summed E-state index contributed by atoms with van der Waals surface area (Å²) in [6.07, 6.45) is 1.50. The van der Waals surface area contributed by atoms with Crippen LogP contribution >= 0.6 is 23.2 Å². The number of halogens is 5. The lowest BCUT2D eigenvalue weighted by molar-refractivity contribution is -0.0490. The molecule has 3 aromatic heterocycles. The zero-order chi connectivity index (χ0) is 27.2. The number of benzene rings is 1. The summed E-state index contributed by atoms with van der Waals surface area (Å²) in [5.74, 6) is 0.423. The molecular weight excluding hydrogens is 566 g/mol. The summed E-state index contributed by atoms with van der Waals surface area (Å²) in [6.45, 7) is -0.814. The molecule has 0 radical (unpaired) electrons. The Kier molecular flexibility index (Phi) is 6.68. The van der Waals surface area contributed by atoms with E-state index < -0.39 is 15.5 Å². The fraction of sp³-hybridized carbons (Fsp3) is 0.217. The van der Waals surface area contributed by atoms with E-state index in [1.807, 2.05) is 6.07 Å². The number of piperazine rings is 1. The number of nitriles is 1. The summed E-state index contributed by atoms with van der Waals surface area (Å²) in [5.41, 5.74) is -2.43. The van der Waals surface area contributed by atoms with Gasteiger partial charge >= 0.3 is 15.5 Å². The zero-order valence-corrected chi connectivity index (χ0v) is 21.5. The summed E-state index contributed by atoms with van der Waals surface area (Å²) in [6, 6.07) is 13.7. The van der Waals surface area contributed by atoms with Crippen molar-refractivity contribution < 1.29 is 21.6 Å². The monoisotopic (exact) mass is 581 g/mol. The molecule has 0 aliphatic carbocycles. The third-order valence-corrected chi connectivity index (χ3v) is 8.09. The van der Waals surface area contributed by atoms with Crippen LogP contribution in [0.2, 0.25) is 10.2 Å². The van der Waals surface area contributed by atoms with Gasteiger partial charge in [-0.3, -0.25) is 0 Å². The fourth-order valence-electron chi connectivity index (χ4n) is 4.19. The van der Waals surface area contributed by atoms with Crippen LogP contribution in [0.5, 0.6) is 0 Å². The van der Waals surface area contributed by atoms with Gasteiger partial charge in [0.1, 0.15) is 28.4 Å². The summed E-state index contributed by atoms with van der Waals surface area (Å²) < 4.78 is 64.7. The molecule has 1 aromatic carbocycles.